The van der Waals surface area contributed by atoms with Crippen LogP contribution in [-0.2, 0) is 4.79 Å². The third kappa shape index (κ3) is 1.78. The van der Waals surface area contributed by atoms with Crippen molar-refractivity contribution in [1.82, 2.24) is 0 Å². The SMILES string of the molecule is NC(=O)[CH]c1c(F)cccc1F. The monoisotopic (exact) mass is 170 g/mol. The molecule has 2 nitrogen and oxygen atoms in total. The Labute approximate surface area is 68.0 Å². The van der Waals surface area contributed by atoms with E-state index in [1.165, 1.54) is 6.07 Å². The minimum atomic E-state index is -0.876. The lowest BCUT2D eigenvalue weighted by Gasteiger charge is -1.99. The first kappa shape index (κ1) is 8.64. The number of nitrogens with two attached hydrogens (primary N) is 1. The van der Waals surface area contributed by atoms with E-state index < -0.39 is 23.1 Å². The molecule has 0 heterocycles. The normalized spacial score (nSPS) is 9.83. The zero-order valence-electron chi connectivity index (χ0n) is 6.05. The van der Waals surface area contributed by atoms with Crippen LogP contribution in [0.3, 0.4) is 0 Å². The standard InChI is InChI=1S/C8H6F2NO/c9-6-2-1-3-7(10)5(6)4-8(11)12/h1-4H,(H2,11,12). The predicted octanol–water partition coefficient (Wildman–Crippen LogP) is 1.00. The van der Waals surface area contributed by atoms with Gasteiger partial charge in [-0.3, -0.25) is 4.79 Å². The topological polar surface area (TPSA) is 43.1 Å². The van der Waals surface area contributed by atoms with Crippen molar-refractivity contribution in [2.24, 2.45) is 5.73 Å². The largest absolute Gasteiger partial charge is 0.369 e. The zero-order valence-corrected chi connectivity index (χ0v) is 6.05. The molecule has 1 aromatic carbocycles. The molecular formula is C8H6F2NO. The van der Waals surface area contributed by atoms with Crippen LogP contribution in [0.5, 0.6) is 0 Å². The van der Waals surface area contributed by atoms with Crippen LogP contribution in [0.4, 0.5) is 8.78 Å². The van der Waals surface area contributed by atoms with Gasteiger partial charge in [-0.25, -0.2) is 8.78 Å². The number of rotatable bonds is 2. The molecular weight excluding hydrogens is 164 g/mol. The van der Waals surface area contributed by atoms with Gasteiger partial charge in [-0.15, -0.1) is 0 Å². The Morgan fingerprint density at radius 3 is 2.25 bits per heavy atom. The van der Waals surface area contributed by atoms with Gasteiger partial charge in [0, 0.05) is 5.56 Å². The molecule has 0 unspecified atom stereocenters. The third-order valence-corrected chi connectivity index (χ3v) is 1.29. The molecule has 0 fully saturated rings. The van der Waals surface area contributed by atoms with E-state index in [0.29, 0.717) is 6.42 Å². The smallest absolute Gasteiger partial charge is 0.226 e. The Kier molecular flexibility index (Phi) is 2.38. The number of hydrogen-bond donors (Lipinski definition) is 1. The van der Waals surface area contributed by atoms with Crippen LogP contribution >= 0.6 is 0 Å². The van der Waals surface area contributed by atoms with E-state index in [1.54, 1.807) is 0 Å². The van der Waals surface area contributed by atoms with Crippen LogP contribution in [-0.4, -0.2) is 5.91 Å². The van der Waals surface area contributed by atoms with Crippen molar-refractivity contribution in [1.29, 1.82) is 0 Å². The van der Waals surface area contributed by atoms with Gasteiger partial charge in [0.15, 0.2) is 0 Å². The molecule has 0 aromatic heterocycles. The molecule has 1 aromatic rings. The summed E-state index contributed by atoms with van der Waals surface area (Å²) in [7, 11) is 0. The van der Waals surface area contributed by atoms with E-state index in [4.69, 9.17) is 5.73 Å². The van der Waals surface area contributed by atoms with E-state index in [0.717, 1.165) is 12.1 Å². The summed E-state index contributed by atoms with van der Waals surface area (Å²) in [5, 5.41) is 0. The highest BCUT2D eigenvalue weighted by Gasteiger charge is 2.10. The molecule has 12 heavy (non-hydrogen) atoms. The first-order valence-electron chi connectivity index (χ1n) is 3.19. The fraction of sp³-hybridized carbons (Fsp3) is 0. The van der Waals surface area contributed by atoms with Gasteiger partial charge in [0.25, 0.3) is 0 Å². The predicted molar refractivity (Wildman–Crippen MR) is 39.0 cm³/mol. The number of halogens is 2. The molecule has 0 bridgehead atoms. The second-order valence-electron chi connectivity index (χ2n) is 2.18. The molecule has 1 radical (unpaired) electrons. The number of benzene rings is 1. The summed E-state index contributed by atoms with van der Waals surface area (Å²) < 4.78 is 25.5. The number of carbonyl (C=O) groups excluding carboxylic acids is 1. The lowest BCUT2D eigenvalue weighted by molar-refractivity contribution is -0.114. The van der Waals surface area contributed by atoms with Crippen molar-refractivity contribution >= 4 is 5.91 Å². The lowest BCUT2D eigenvalue weighted by atomic mass is 10.1. The van der Waals surface area contributed by atoms with Crippen LogP contribution in [0.25, 0.3) is 0 Å². The summed E-state index contributed by atoms with van der Waals surface area (Å²) in [5.41, 5.74) is 4.34. The van der Waals surface area contributed by atoms with Gasteiger partial charge < -0.3 is 5.73 Å². The summed E-state index contributed by atoms with van der Waals surface area (Å²) in [4.78, 5) is 10.3. The van der Waals surface area contributed by atoms with Crippen molar-refractivity contribution in [3.8, 4) is 0 Å². The molecule has 0 spiro atoms. The fourth-order valence-electron chi connectivity index (χ4n) is 0.791. The highest BCUT2D eigenvalue weighted by molar-refractivity contribution is 5.86. The van der Waals surface area contributed by atoms with Crippen LogP contribution in [0.1, 0.15) is 5.56 Å². The van der Waals surface area contributed by atoms with E-state index in [9.17, 15) is 13.6 Å². The van der Waals surface area contributed by atoms with Crippen LogP contribution < -0.4 is 5.73 Å². The molecule has 0 atom stereocenters. The van der Waals surface area contributed by atoms with E-state index >= 15 is 0 Å². The molecule has 1 rings (SSSR count). The Balaban J connectivity index is 3.04. The summed E-state index contributed by atoms with van der Waals surface area (Å²) in [6, 6.07) is 3.32. The van der Waals surface area contributed by atoms with Crippen LogP contribution in [0.2, 0.25) is 0 Å². The Morgan fingerprint density at radius 2 is 1.83 bits per heavy atom. The molecule has 0 aliphatic rings. The van der Waals surface area contributed by atoms with Gasteiger partial charge in [0.05, 0.1) is 6.42 Å². The molecule has 1 amide bonds. The van der Waals surface area contributed by atoms with Gasteiger partial charge in [0.1, 0.15) is 11.6 Å². The highest BCUT2D eigenvalue weighted by Crippen LogP contribution is 2.13. The van der Waals surface area contributed by atoms with E-state index in [1.807, 2.05) is 0 Å². The molecule has 0 saturated carbocycles. The molecule has 2 N–H and O–H groups in total. The lowest BCUT2D eigenvalue weighted by Crippen LogP contribution is -2.13. The van der Waals surface area contributed by atoms with Crippen LogP contribution in [0, 0.1) is 18.1 Å². The van der Waals surface area contributed by atoms with E-state index in [2.05, 4.69) is 0 Å². The first-order chi connectivity index (χ1) is 5.61. The quantitative estimate of drug-likeness (QED) is 0.706. The maximum absolute atomic E-state index is 12.7. The van der Waals surface area contributed by atoms with Crippen molar-refractivity contribution in [3.05, 3.63) is 41.8 Å². The van der Waals surface area contributed by atoms with Gasteiger partial charge >= 0.3 is 0 Å². The van der Waals surface area contributed by atoms with Gasteiger partial charge in [0.2, 0.25) is 5.91 Å². The fourth-order valence-corrected chi connectivity index (χ4v) is 0.791. The Hall–Kier alpha value is -1.45. The maximum atomic E-state index is 12.7. The maximum Gasteiger partial charge on any atom is 0.226 e. The molecule has 0 aliphatic carbocycles. The number of primary amides is 1. The van der Waals surface area contributed by atoms with Crippen molar-refractivity contribution in [2.75, 3.05) is 0 Å². The summed E-state index contributed by atoms with van der Waals surface area (Å²) >= 11 is 0. The molecule has 63 valence electrons. The number of carbonyl (C=O) groups is 1. The van der Waals surface area contributed by atoms with E-state index in [-0.39, 0.29) is 0 Å². The first-order valence-corrected chi connectivity index (χ1v) is 3.19. The summed E-state index contributed by atoms with van der Waals surface area (Å²) in [6.07, 6.45) is 0.713. The minimum Gasteiger partial charge on any atom is -0.369 e. The Morgan fingerprint density at radius 1 is 1.33 bits per heavy atom. The van der Waals surface area contributed by atoms with Gasteiger partial charge in [-0.05, 0) is 12.1 Å². The minimum absolute atomic E-state index is 0.398. The van der Waals surface area contributed by atoms with Crippen molar-refractivity contribution < 1.29 is 13.6 Å². The third-order valence-electron chi connectivity index (χ3n) is 1.29. The Bertz CT molecular complexity index is 292. The molecule has 0 saturated heterocycles. The summed E-state index contributed by atoms with van der Waals surface area (Å²) in [6.45, 7) is 0. The van der Waals surface area contributed by atoms with Crippen LogP contribution in [0.15, 0.2) is 18.2 Å². The highest BCUT2D eigenvalue weighted by atomic mass is 19.1. The molecule has 0 aliphatic heterocycles. The van der Waals surface area contributed by atoms with Crippen molar-refractivity contribution in [3.63, 3.8) is 0 Å². The van der Waals surface area contributed by atoms with Crippen molar-refractivity contribution in [2.45, 2.75) is 0 Å². The van der Waals surface area contributed by atoms with Gasteiger partial charge in [-0.1, -0.05) is 6.07 Å². The average Bonchev–Trinajstić information content (AvgIpc) is 1.97. The zero-order chi connectivity index (χ0) is 9.14. The number of amides is 1. The molecule has 4 heteroatoms. The second kappa shape index (κ2) is 3.30. The second-order valence-corrected chi connectivity index (χ2v) is 2.18. The summed E-state index contributed by atoms with van der Waals surface area (Å²) in [5.74, 6) is -2.47. The van der Waals surface area contributed by atoms with Gasteiger partial charge in [-0.2, -0.15) is 0 Å². The number of hydrogen-bond acceptors (Lipinski definition) is 1. The average molecular weight is 170 g/mol.